The van der Waals surface area contributed by atoms with E-state index in [9.17, 15) is 9.59 Å². The van der Waals surface area contributed by atoms with Gasteiger partial charge >= 0.3 is 5.97 Å². The molecule has 2 N–H and O–H groups in total. The molecule has 1 amide bonds. The Bertz CT molecular complexity index is 1250. The summed E-state index contributed by atoms with van der Waals surface area (Å²) in [6, 6.07) is 9.47. The van der Waals surface area contributed by atoms with Gasteiger partial charge in [0.15, 0.2) is 5.13 Å². The Kier molecular flexibility index (Phi) is 6.65. The van der Waals surface area contributed by atoms with Gasteiger partial charge in [-0.3, -0.25) is 4.79 Å². The number of fused-ring (bicyclic) bond motifs is 1. The molecule has 1 aliphatic heterocycles. The number of anilines is 1. The Hall–Kier alpha value is -2.75. The largest absolute Gasteiger partial charge is 0.487 e. The molecule has 35 heavy (non-hydrogen) atoms. The maximum Gasteiger partial charge on any atom is 0.350 e. The van der Waals surface area contributed by atoms with Crippen molar-refractivity contribution in [3.8, 4) is 5.75 Å². The van der Waals surface area contributed by atoms with Crippen LogP contribution in [0.15, 0.2) is 30.3 Å². The zero-order valence-electron chi connectivity index (χ0n) is 19.1. The van der Waals surface area contributed by atoms with Crippen LogP contribution in [0.1, 0.15) is 38.5 Å². The molecule has 1 aliphatic carbocycles. The van der Waals surface area contributed by atoms with Crippen molar-refractivity contribution in [1.82, 2.24) is 15.3 Å². The number of halogens is 2. The highest BCUT2D eigenvalue weighted by atomic mass is 35.5. The number of aromatic nitrogens is 2. The van der Waals surface area contributed by atoms with Crippen molar-refractivity contribution in [2.24, 2.45) is 11.8 Å². The van der Waals surface area contributed by atoms with Gasteiger partial charge in [-0.2, -0.15) is 0 Å². The van der Waals surface area contributed by atoms with E-state index in [0.29, 0.717) is 38.9 Å². The zero-order valence-corrected chi connectivity index (χ0v) is 21.5. The van der Waals surface area contributed by atoms with E-state index >= 15 is 0 Å². The smallest absolute Gasteiger partial charge is 0.350 e. The minimum Gasteiger partial charge on any atom is -0.487 e. The second kappa shape index (κ2) is 9.72. The van der Waals surface area contributed by atoms with Crippen molar-refractivity contribution >= 4 is 51.5 Å². The number of aryl methyl sites for hydroxylation is 1. The Labute approximate surface area is 216 Å². The highest BCUT2D eigenvalue weighted by molar-refractivity contribution is 7.17. The van der Waals surface area contributed by atoms with Crippen molar-refractivity contribution in [1.29, 1.82) is 0 Å². The number of H-pyrrole nitrogens is 1. The number of amides is 1. The summed E-state index contributed by atoms with van der Waals surface area (Å²) in [7, 11) is 0. The fraction of sp³-hybridized carbons (Fsp3) is 0.375. The molecule has 3 atom stereocenters. The summed E-state index contributed by atoms with van der Waals surface area (Å²) in [5.41, 5.74) is 1.52. The molecule has 2 aliphatic rings. The SMILES string of the molecule is CCOC(=O)c1sc(N2C[C@@H]3C(NC(=O)c4[nH]c(C)c(Cl)c4Cl)[C@@H]3C2)nc1COc1ccccc1. The van der Waals surface area contributed by atoms with Crippen LogP contribution in [-0.4, -0.2) is 47.6 Å². The molecule has 1 saturated carbocycles. The molecule has 2 aromatic heterocycles. The van der Waals surface area contributed by atoms with Crippen molar-refractivity contribution in [3.63, 3.8) is 0 Å². The predicted octanol–water partition coefficient (Wildman–Crippen LogP) is 4.71. The third-order valence-electron chi connectivity index (χ3n) is 6.31. The van der Waals surface area contributed by atoms with Gasteiger partial charge in [0.25, 0.3) is 5.91 Å². The van der Waals surface area contributed by atoms with Gasteiger partial charge in [-0.25, -0.2) is 9.78 Å². The summed E-state index contributed by atoms with van der Waals surface area (Å²) in [6.45, 7) is 5.48. The van der Waals surface area contributed by atoms with E-state index < -0.39 is 5.97 Å². The van der Waals surface area contributed by atoms with Crippen molar-refractivity contribution in [2.45, 2.75) is 26.5 Å². The third kappa shape index (κ3) is 4.72. The number of thiazole rings is 1. The fourth-order valence-corrected chi connectivity index (χ4v) is 5.84. The molecule has 3 heterocycles. The Balaban J connectivity index is 1.24. The van der Waals surface area contributed by atoms with Gasteiger partial charge in [-0.15, -0.1) is 0 Å². The first kappa shape index (κ1) is 24.0. The summed E-state index contributed by atoms with van der Waals surface area (Å²) >= 11 is 13.6. The lowest BCUT2D eigenvalue weighted by Gasteiger charge is -2.19. The molecule has 1 unspecified atom stereocenters. The molecule has 0 radical (unpaired) electrons. The molecule has 11 heteroatoms. The average molecular weight is 535 g/mol. The second-order valence-electron chi connectivity index (χ2n) is 8.58. The molecular formula is C24H24Cl2N4O4S. The van der Waals surface area contributed by atoms with Crippen molar-refractivity contribution in [3.05, 3.63) is 62.3 Å². The quantitative estimate of drug-likeness (QED) is 0.406. The standard InChI is InChI=1S/C24H24Cl2N4O4S/c1-3-33-23(32)21-16(11-34-13-7-5-4-6-8-13)28-24(35-21)30-9-14-15(10-30)19(14)29-22(31)20-18(26)17(25)12(2)27-20/h4-8,14-15,19,27H,3,9-11H2,1-2H3,(H,29,31)/t14-,15+,19?. The highest BCUT2D eigenvalue weighted by Gasteiger charge is 2.57. The van der Waals surface area contributed by atoms with E-state index in [1.807, 2.05) is 30.3 Å². The molecule has 5 rings (SSSR count). The van der Waals surface area contributed by atoms with E-state index in [2.05, 4.69) is 15.2 Å². The molecule has 0 spiro atoms. The lowest BCUT2D eigenvalue weighted by Crippen LogP contribution is -2.34. The fourth-order valence-electron chi connectivity index (χ4n) is 4.45. The maximum absolute atomic E-state index is 12.7. The zero-order chi connectivity index (χ0) is 24.7. The van der Waals surface area contributed by atoms with Gasteiger partial charge in [0.2, 0.25) is 0 Å². The van der Waals surface area contributed by atoms with E-state index in [4.69, 9.17) is 37.7 Å². The van der Waals surface area contributed by atoms with Gasteiger partial charge in [0.05, 0.1) is 16.7 Å². The Morgan fingerprint density at radius 3 is 2.54 bits per heavy atom. The Morgan fingerprint density at radius 1 is 1.20 bits per heavy atom. The first-order valence-electron chi connectivity index (χ1n) is 11.3. The Morgan fingerprint density at radius 2 is 1.91 bits per heavy atom. The van der Waals surface area contributed by atoms with Crippen LogP contribution in [0.2, 0.25) is 10.0 Å². The average Bonchev–Trinajstić information content (AvgIpc) is 3.23. The van der Waals surface area contributed by atoms with Gasteiger partial charge in [0.1, 0.15) is 28.6 Å². The molecule has 184 valence electrons. The number of nitrogens with zero attached hydrogens (tertiary/aromatic N) is 2. The first-order valence-corrected chi connectivity index (χ1v) is 12.9. The van der Waals surface area contributed by atoms with Crippen molar-refractivity contribution in [2.75, 3.05) is 24.6 Å². The lowest BCUT2D eigenvalue weighted by atomic mass is 10.3. The number of carbonyl (C=O) groups is 2. The number of piperidine rings is 1. The van der Waals surface area contributed by atoms with Gasteiger partial charge in [-0.1, -0.05) is 52.7 Å². The molecule has 1 aromatic carbocycles. The topological polar surface area (TPSA) is 96.6 Å². The number of rotatable bonds is 8. The number of aromatic amines is 1. The molecule has 0 bridgehead atoms. The number of esters is 1. The van der Waals surface area contributed by atoms with Crippen LogP contribution in [0.25, 0.3) is 0 Å². The summed E-state index contributed by atoms with van der Waals surface area (Å²) in [5.74, 6) is 0.673. The normalized spacial score (nSPS) is 20.5. The summed E-state index contributed by atoms with van der Waals surface area (Å²) in [6.07, 6.45) is 0. The number of nitrogens with one attached hydrogen (secondary N) is 2. The number of hydrogen-bond donors (Lipinski definition) is 2. The summed E-state index contributed by atoms with van der Waals surface area (Å²) in [5, 5.41) is 4.43. The van der Waals surface area contributed by atoms with Gasteiger partial charge < -0.3 is 24.7 Å². The molecule has 1 saturated heterocycles. The van der Waals surface area contributed by atoms with Crippen LogP contribution >= 0.6 is 34.5 Å². The minimum atomic E-state index is -0.394. The number of carbonyl (C=O) groups excluding carboxylic acids is 2. The number of ether oxygens (including phenoxy) is 2. The second-order valence-corrected chi connectivity index (χ2v) is 10.3. The lowest BCUT2D eigenvalue weighted by molar-refractivity contribution is 0.0528. The molecular weight excluding hydrogens is 511 g/mol. The molecule has 3 aromatic rings. The monoisotopic (exact) mass is 534 g/mol. The maximum atomic E-state index is 12.7. The number of hydrogen-bond acceptors (Lipinski definition) is 7. The summed E-state index contributed by atoms with van der Waals surface area (Å²) in [4.78, 5) is 35.5. The molecule has 8 nitrogen and oxygen atoms in total. The molecule has 2 fully saturated rings. The third-order valence-corrected chi connectivity index (χ3v) is 8.39. The number of para-hydroxylation sites is 1. The van der Waals surface area contributed by atoms with Crippen LogP contribution < -0.4 is 15.0 Å². The van der Waals surface area contributed by atoms with Crippen LogP contribution in [0.5, 0.6) is 5.75 Å². The van der Waals surface area contributed by atoms with Crippen molar-refractivity contribution < 1.29 is 19.1 Å². The van der Waals surface area contributed by atoms with E-state index in [1.165, 1.54) is 11.3 Å². The van der Waals surface area contributed by atoms with Gasteiger partial charge in [0, 0.05) is 36.7 Å². The van der Waals surface area contributed by atoms with Crippen LogP contribution in [-0.2, 0) is 11.3 Å². The van der Waals surface area contributed by atoms with Gasteiger partial charge in [-0.05, 0) is 26.0 Å². The minimum absolute atomic E-state index is 0.0718. The number of benzene rings is 1. The van der Waals surface area contributed by atoms with Crippen LogP contribution in [0.3, 0.4) is 0 Å². The van der Waals surface area contributed by atoms with E-state index in [0.717, 1.165) is 18.2 Å². The summed E-state index contributed by atoms with van der Waals surface area (Å²) < 4.78 is 11.1. The van der Waals surface area contributed by atoms with E-state index in [-0.39, 0.29) is 35.9 Å². The first-order chi connectivity index (χ1) is 16.9. The predicted molar refractivity (Wildman–Crippen MR) is 135 cm³/mol. The van der Waals surface area contributed by atoms with Crippen LogP contribution in [0.4, 0.5) is 5.13 Å². The van der Waals surface area contributed by atoms with E-state index in [1.54, 1.807) is 13.8 Å². The van der Waals surface area contributed by atoms with Crippen LogP contribution in [0, 0.1) is 18.8 Å². The highest BCUT2D eigenvalue weighted by Crippen LogP contribution is 2.48.